The van der Waals surface area contributed by atoms with Gasteiger partial charge in [0.2, 0.25) is 0 Å². The Kier molecular flexibility index (Phi) is 5.44. The fraction of sp³-hybridized carbons (Fsp3) is 0.333. The topological polar surface area (TPSA) is 66.4 Å². The van der Waals surface area contributed by atoms with E-state index >= 15 is 0 Å². The number of carbonyl (C=O) groups excluding carboxylic acids is 1. The summed E-state index contributed by atoms with van der Waals surface area (Å²) in [7, 11) is 0. The standard InChI is InChI=1S/C12H13Cl2NO3/c1-2-7(6-10(16)17)15-12(18)11-8(13)4-3-5-9(11)14/h3-5,7H,2,6H2,1H3,(H,15,18)(H,16,17). The van der Waals surface area contributed by atoms with Crippen molar-refractivity contribution in [3.8, 4) is 0 Å². The van der Waals surface area contributed by atoms with Crippen molar-refractivity contribution < 1.29 is 14.7 Å². The summed E-state index contributed by atoms with van der Waals surface area (Å²) in [6.45, 7) is 1.79. The van der Waals surface area contributed by atoms with Gasteiger partial charge in [-0.25, -0.2) is 0 Å². The molecule has 0 aliphatic heterocycles. The molecule has 4 nitrogen and oxygen atoms in total. The summed E-state index contributed by atoms with van der Waals surface area (Å²) in [5.74, 6) is -1.42. The molecular weight excluding hydrogens is 277 g/mol. The molecule has 98 valence electrons. The second-order valence-corrected chi connectivity index (χ2v) is 4.59. The van der Waals surface area contributed by atoms with Crippen LogP contribution in [0.5, 0.6) is 0 Å². The Labute approximate surface area is 115 Å². The number of amides is 1. The lowest BCUT2D eigenvalue weighted by molar-refractivity contribution is -0.137. The molecule has 0 saturated carbocycles. The van der Waals surface area contributed by atoms with Crippen LogP contribution in [0.3, 0.4) is 0 Å². The molecule has 1 rings (SSSR count). The van der Waals surface area contributed by atoms with Gasteiger partial charge >= 0.3 is 5.97 Å². The van der Waals surface area contributed by atoms with Crippen LogP contribution in [-0.4, -0.2) is 23.0 Å². The van der Waals surface area contributed by atoms with E-state index in [1.165, 1.54) is 0 Å². The number of benzene rings is 1. The average Bonchev–Trinajstić information content (AvgIpc) is 2.27. The first kappa shape index (κ1) is 14.8. The number of halogens is 2. The fourth-order valence-corrected chi connectivity index (χ4v) is 2.05. The number of carbonyl (C=O) groups is 2. The van der Waals surface area contributed by atoms with E-state index in [2.05, 4.69) is 5.32 Å². The predicted molar refractivity (Wildman–Crippen MR) is 70.3 cm³/mol. The Morgan fingerprint density at radius 3 is 2.33 bits per heavy atom. The summed E-state index contributed by atoms with van der Waals surface area (Å²) in [4.78, 5) is 22.6. The second-order valence-electron chi connectivity index (χ2n) is 3.77. The highest BCUT2D eigenvalue weighted by Gasteiger charge is 2.19. The van der Waals surface area contributed by atoms with Crippen LogP contribution in [0.15, 0.2) is 18.2 Å². The van der Waals surface area contributed by atoms with Crippen LogP contribution in [0.4, 0.5) is 0 Å². The van der Waals surface area contributed by atoms with Gasteiger partial charge in [-0.05, 0) is 18.6 Å². The molecule has 0 aliphatic carbocycles. The van der Waals surface area contributed by atoms with E-state index in [1.54, 1.807) is 25.1 Å². The van der Waals surface area contributed by atoms with E-state index in [0.717, 1.165) is 0 Å². The zero-order chi connectivity index (χ0) is 13.7. The van der Waals surface area contributed by atoms with Crippen molar-refractivity contribution in [2.75, 3.05) is 0 Å². The highest BCUT2D eigenvalue weighted by molar-refractivity contribution is 6.39. The molecule has 1 aromatic rings. The predicted octanol–water partition coefficient (Wildman–Crippen LogP) is 2.98. The van der Waals surface area contributed by atoms with Gasteiger partial charge in [-0.3, -0.25) is 9.59 Å². The molecule has 0 aliphatic rings. The number of carboxylic acids is 1. The minimum atomic E-state index is -0.965. The van der Waals surface area contributed by atoms with E-state index in [-0.39, 0.29) is 22.0 Å². The molecule has 1 amide bonds. The number of rotatable bonds is 5. The first-order chi connectivity index (χ1) is 8.45. The van der Waals surface area contributed by atoms with Crippen LogP contribution in [0.2, 0.25) is 10.0 Å². The minimum absolute atomic E-state index is 0.135. The van der Waals surface area contributed by atoms with Gasteiger partial charge in [0, 0.05) is 6.04 Å². The molecule has 0 heterocycles. The third kappa shape index (κ3) is 3.89. The third-order valence-corrected chi connectivity index (χ3v) is 3.07. The van der Waals surface area contributed by atoms with Crippen LogP contribution in [0.1, 0.15) is 30.1 Å². The van der Waals surface area contributed by atoms with Crippen molar-refractivity contribution in [1.29, 1.82) is 0 Å². The van der Waals surface area contributed by atoms with Gasteiger partial charge in [0.05, 0.1) is 22.0 Å². The van der Waals surface area contributed by atoms with E-state index in [1.807, 2.05) is 0 Å². The molecule has 0 spiro atoms. The summed E-state index contributed by atoms with van der Waals surface area (Å²) in [6, 6.07) is 4.30. The Hall–Kier alpha value is -1.26. The van der Waals surface area contributed by atoms with Gasteiger partial charge in [0.1, 0.15) is 0 Å². The van der Waals surface area contributed by atoms with Gasteiger partial charge < -0.3 is 10.4 Å². The maximum Gasteiger partial charge on any atom is 0.305 e. The molecule has 0 radical (unpaired) electrons. The van der Waals surface area contributed by atoms with Crippen LogP contribution in [0.25, 0.3) is 0 Å². The SMILES string of the molecule is CCC(CC(=O)O)NC(=O)c1c(Cl)cccc1Cl. The summed E-state index contributed by atoms with van der Waals surface area (Å²) in [5, 5.41) is 11.8. The van der Waals surface area contributed by atoms with Crippen molar-refractivity contribution in [3.05, 3.63) is 33.8 Å². The van der Waals surface area contributed by atoms with Crippen molar-refractivity contribution in [2.45, 2.75) is 25.8 Å². The molecular formula is C12H13Cl2NO3. The van der Waals surface area contributed by atoms with Gasteiger partial charge in [0.25, 0.3) is 5.91 Å². The van der Waals surface area contributed by atoms with E-state index in [9.17, 15) is 9.59 Å². The Bertz CT molecular complexity index is 442. The molecule has 0 aromatic heterocycles. The Balaban J connectivity index is 2.84. The molecule has 1 aromatic carbocycles. The molecule has 18 heavy (non-hydrogen) atoms. The Morgan fingerprint density at radius 2 is 1.89 bits per heavy atom. The fourth-order valence-electron chi connectivity index (χ4n) is 1.48. The van der Waals surface area contributed by atoms with E-state index in [4.69, 9.17) is 28.3 Å². The molecule has 6 heteroatoms. The highest BCUT2D eigenvalue weighted by atomic mass is 35.5. The highest BCUT2D eigenvalue weighted by Crippen LogP contribution is 2.24. The maximum atomic E-state index is 12.0. The summed E-state index contributed by atoms with van der Waals surface area (Å²) in [5.41, 5.74) is 0.171. The van der Waals surface area contributed by atoms with Crippen LogP contribution >= 0.6 is 23.2 Å². The van der Waals surface area contributed by atoms with Gasteiger partial charge in [-0.1, -0.05) is 36.2 Å². The molecule has 1 unspecified atom stereocenters. The van der Waals surface area contributed by atoms with Gasteiger partial charge in [0.15, 0.2) is 0 Å². The number of aliphatic carboxylic acids is 1. The van der Waals surface area contributed by atoms with Crippen LogP contribution < -0.4 is 5.32 Å². The summed E-state index contributed by atoms with van der Waals surface area (Å²) < 4.78 is 0. The number of nitrogens with one attached hydrogen (secondary N) is 1. The monoisotopic (exact) mass is 289 g/mol. The molecule has 0 fully saturated rings. The van der Waals surface area contributed by atoms with Crippen molar-refractivity contribution >= 4 is 35.1 Å². The van der Waals surface area contributed by atoms with Crippen molar-refractivity contribution in [3.63, 3.8) is 0 Å². The largest absolute Gasteiger partial charge is 0.481 e. The molecule has 2 N–H and O–H groups in total. The minimum Gasteiger partial charge on any atom is -0.481 e. The van der Waals surface area contributed by atoms with E-state index < -0.39 is 17.9 Å². The normalized spacial score (nSPS) is 11.9. The van der Waals surface area contributed by atoms with Crippen LogP contribution in [0, 0.1) is 0 Å². The second kappa shape index (κ2) is 6.61. The van der Waals surface area contributed by atoms with Gasteiger partial charge in [-0.2, -0.15) is 0 Å². The first-order valence-corrected chi connectivity index (χ1v) is 6.18. The Morgan fingerprint density at radius 1 is 1.33 bits per heavy atom. The molecule has 1 atom stereocenters. The first-order valence-electron chi connectivity index (χ1n) is 5.42. The lowest BCUT2D eigenvalue weighted by Gasteiger charge is -2.15. The quantitative estimate of drug-likeness (QED) is 0.876. The smallest absolute Gasteiger partial charge is 0.305 e. The van der Waals surface area contributed by atoms with Gasteiger partial charge in [-0.15, -0.1) is 0 Å². The summed E-state index contributed by atoms with van der Waals surface area (Å²) in [6.07, 6.45) is 0.379. The van der Waals surface area contributed by atoms with Crippen molar-refractivity contribution in [2.24, 2.45) is 0 Å². The number of hydrogen-bond donors (Lipinski definition) is 2. The molecule has 0 saturated heterocycles. The number of carboxylic acid groups (broad SMARTS) is 1. The number of hydrogen-bond acceptors (Lipinski definition) is 2. The average molecular weight is 290 g/mol. The van der Waals surface area contributed by atoms with Crippen molar-refractivity contribution in [1.82, 2.24) is 5.32 Å². The zero-order valence-corrected chi connectivity index (χ0v) is 11.3. The third-order valence-electron chi connectivity index (χ3n) is 2.44. The lowest BCUT2D eigenvalue weighted by atomic mass is 10.1. The maximum absolute atomic E-state index is 12.0. The van der Waals surface area contributed by atoms with E-state index in [0.29, 0.717) is 6.42 Å². The summed E-state index contributed by atoms with van der Waals surface area (Å²) >= 11 is 11.8. The lowest BCUT2D eigenvalue weighted by Crippen LogP contribution is -2.36. The van der Waals surface area contributed by atoms with Crippen LogP contribution in [-0.2, 0) is 4.79 Å². The molecule has 0 bridgehead atoms. The zero-order valence-electron chi connectivity index (χ0n) is 9.74.